The first kappa shape index (κ1) is 15.1. The maximum absolute atomic E-state index is 11.1. The number of nitro groups is 1. The molecule has 1 aliphatic carbocycles. The lowest BCUT2D eigenvalue weighted by Crippen LogP contribution is -2.40. The van der Waals surface area contributed by atoms with Crippen molar-refractivity contribution in [1.29, 1.82) is 0 Å². The van der Waals surface area contributed by atoms with Crippen LogP contribution in [-0.4, -0.2) is 54.7 Å². The number of aldehydes is 1. The van der Waals surface area contributed by atoms with Crippen molar-refractivity contribution in [2.75, 3.05) is 27.2 Å². The summed E-state index contributed by atoms with van der Waals surface area (Å²) >= 11 is 0. The molecular formula is C14H18N4O3. The van der Waals surface area contributed by atoms with Crippen molar-refractivity contribution in [3.8, 4) is 0 Å². The molecule has 2 rings (SSSR count). The van der Waals surface area contributed by atoms with E-state index >= 15 is 0 Å². The number of nitrogens with zero attached hydrogens (tertiary/aromatic N) is 4. The van der Waals surface area contributed by atoms with E-state index in [0.717, 1.165) is 37.9 Å². The van der Waals surface area contributed by atoms with Crippen LogP contribution in [0.15, 0.2) is 33.5 Å². The summed E-state index contributed by atoms with van der Waals surface area (Å²) in [7, 11) is 3.13. The largest absolute Gasteiger partial charge is 0.370 e. The van der Waals surface area contributed by atoms with Gasteiger partial charge in [0.05, 0.1) is 10.6 Å². The van der Waals surface area contributed by atoms with Crippen LogP contribution < -0.4 is 0 Å². The number of carbonyl (C=O) groups is 1. The van der Waals surface area contributed by atoms with Gasteiger partial charge in [-0.3, -0.25) is 20.1 Å². The van der Waals surface area contributed by atoms with Crippen LogP contribution in [0.25, 0.3) is 0 Å². The number of rotatable bonds is 3. The molecule has 0 spiro atoms. The van der Waals surface area contributed by atoms with Crippen LogP contribution in [0.5, 0.6) is 0 Å². The van der Waals surface area contributed by atoms with E-state index in [1.807, 2.05) is 0 Å². The molecule has 1 fully saturated rings. The fraction of sp³-hybridized carbons (Fsp3) is 0.500. The molecule has 1 aliphatic heterocycles. The highest BCUT2D eigenvalue weighted by molar-refractivity contribution is 6.53. The van der Waals surface area contributed by atoms with Crippen LogP contribution in [0, 0.1) is 16.0 Å². The Morgan fingerprint density at radius 3 is 2.33 bits per heavy atom. The maximum Gasteiger partial charge on any atom is 0.296 e. The number of piperidine rings is 1. The van der Waals surface area contributed by atoms with Crippen molar-refractivity contribution >= 4 is 17.7 Å². The van der Waals surface area contributed by atoms with Gasteiger partial charge < -0.3 is 9.69 Å². The first-order valence-corrected chi connectivity index (χ1v) is 6.83. The van der Waals surface area contributed by atoms with E-state index in [4.69, 9.17) is 0 Å². The fourth-order valence-electron chi connectivity index (χ4n) is 2.68. The van der Waals surface area contributed by atoms with E-state index in [1.54, 1.807) is 13.1 Å². The predicted molar refractivity (Wildman–Crippen MR) is 80.2 cm³/mol. The molecule has 112 valence electrons. The van der Waals surface area contributed by atoms with Crippen molar-refractivity contribution in [2.24, 2.45) is 15.9 Å². The smallest absolute Gasteiger partial charge is 0.296 e. The molecule has 0 bridgehead atoms. The van der Waals surface area contributed by atoms with Gasteiger partial charge in [-0.25, -0.2) is 0 Å². The van der Waals surface area contributed by atoms with Gasteiger partial charge in [0.1, 0.15) is 12.0 Å². The molecule has 7 heteroatoms. The molecule has 0 aromatic heterocycles. The first-order valence-electron chi connectivity index (χ1n) is 6.83. The lowest BCUT2D eigenvalue weighted by atomic mass is 9.95. The monoisotopic (exact) mass is 290 g/mol. The molecule has 0 aromatic rings. The van der Waals surface area contributed by atoms with Gasteiger partial charge in [0, 0.05) is 39.2 Å². The molecule has 0 saturated carbocycles. The van der Waals surface area contributed by atoms with Gasteiger partial charge in [-0.15, -0.1) is 0 Å². The second-order valence-corrected chi connectivity index (χ2v) is 4.97. The molecule has 2 aliphatic rings. The second-order valence-electron chi connectivity index (χ2n) is 4.97. The Hall–Kier alpha value is -2.31. The van der Waals surface area contributed by atoms with E-state index in [0.29, 0.717) is 11.4 Å². The zero-order chi connectivity index (χ0) is 15.4. The van der Waals surface area contributed by atoms with Crippen molar-refractivity contribution in [2.45, 2.75) is 12.8 Å². The van der Waals surface area contributed by atoms with Crippen molar-refractivity contribution in [3.63, 3.8) is 0 Å². The van der Waals surface area contributed by atoms with Gasteiger partial charge >= 0.3 is 0 Å². The van der Waals surface area contributed by atoms with Gasteiger partial charge in [-0.1, -0.05) is 0 Å². The zero-order valence-electron chi connectivity index (χ0n) is 12.2. The van der Waals surface area contributed by atoms with E-state index in [1.165, 1.54) is 13.1 Å². The number of allylic oxidation sites excluding steroid dienone is 4. The summed E-state index contributed by atoms with van der Waals surface area (Å²) in [6.45, 7) is 1.49. The summed E-state index contributed by atoms with van der Waals surface area (Å²) in [5, 5.41) is 11.1. The standard InChI is InChI=1S/C14H18N4O3/c1-15-13-11(17-7-5-10(9-19)6-8-17)3-4-12(18(20)21)14(13)16-2/h3-4,9-10H,5-8H2,1-2H3. The van der Waals surface area contributed by atoms with E-state index in [9.17, 15) is 14.9 Å². The Morgan fingerprint density at radius 2 is 1.86 bits per heavy atom. The Labute approximate surface area is 122 Å². The topological polar surface area (TPSA) is 88.2 Å². The van der Waals surface area contributed by atoms with Crippen LogP contribution in [-0.2, 0) is 4.79 Å². The van der Waals surface area contributed by atoms with Crippen LogP contribution in [0.3, 0.4) is 0 Å². The third-order valence-corrected chi connectivity index (χ3v) is 3.83. The Morgan fingerprint density at radius 1 is 1.24 bits per heavy atom. The van der Waals surface area contributed by atoms with Crippen LogP contribution in [0.4, 0.5) is 0 Å². The fourth-order valence-corrected chi connectivity index (χ4v) is 2.68. The average molecular weight is 290 g/mol. The first-order chi connectivity index (χ1) is 10.1. The van der Waals surface area contributed by atoms with Gasteiger partial charge in [0.2, 0.25) is 0 Å². The SMILES string of the molecule is CN=C1C(N2CCC(C=O)CC2)=CC=C([N+](=O)[O-])C1=NC. The quantitative estimate of drug-likeness (QED) is 0.337. The predicted octanol–water partition coefficient (Wildman–Crippen LogP) is 1.10. The highest BCUT2D eigenvalue weighted by atomic mass is 16.6. The van der Waals surface area contributed by atoms with Crippen LogP contribution >= 0.6 is 0 Å². The zero-order valence-corrected chi connectivity index (χ0v) is 12.2. The van der Waals surface area contributed by atoms with Crippen molar-refractivity contribution in [3.05, 3.63) is 33.7 Å². The second kappa shape index (κ2) is 6.43. The van der Waals surface area contributed by atoms with Crippen molar-refractivity contribution in [1.82, 2.24) is 4.90 Å². The van der Waals surface area contributed by atoms with E-state index in [2.05, 4.69) is 14.9 Å². The van der Waals surface area contributed by atoms with Gasteiger partial charge in [0.15, 0.2) is 5.71 Å². The summed E-state index contributed by atoms with van der Waals surface area (Å²) in [4.78, 5) is 31.8. The van der Waals surface area contributed by atoms with Gasteiger partial charge in [0.25, 0.3) is 5.70 Å². The summed E-state index contributed by atoms with van der Waals surface area (Å²) in [6.07, 6.45) is 5.78. The molecule has 1 saturated heterocycles. The van der Waals surface area contributed by atoms with Crippen molar-refractivity contribution < 1.29 is 9.72 Å². The molecule has 21 heavy (non-hydrogen) atoms. The Kier molecular flexibility index (Phi) is 4.62. The minimum Gasteiger partial charge on any atom is -0.370 e. The molecule has 0 atom stereocenters. The number of hydrogen-bond donors (Lipinski definition) is 0. The van der Waals surface area contributed by atoms with Crippen LogP contribution in [0.2, 0.25) is 0 Å². The lowest BCUT2D eigenvalue weighted by molar-refractivity contribution is -0.414. The Balaban J connectivity index is 2.31. The minimum atomic E-state index is -0.445. The number of hydrogen-bond acceptors (Lipinski definition) is 6. The van der Waals surface area contributed by atoms with Crippen LogP contribution in [0.1, 0.15) is 12.8 Å². The third kappa shape index (κ3) is 2.91. The average Bonchev–Trinajstić information content (AvgIpc) is 2.53. The summed E-state index contributed by atoms with van der Waals surface area (Å²) in [5.41, 5.74) is 1.64. The van der Waals surface area contributed by atoms with E-state index in [-0.39, 0.29) is 11.6 Å². The molecule has 7 nitrogen and oxygen atoms in total. The number of carbonyl (C=O) groups excluding carboxylic acids is 1. The summed E-state index contributed by atoms with van der Waals surface area (Å²) in [6, 6.07) is 0. The lowest BCUT2D eigenvalue weighted by Gasteiger charge is -2.34. The summed E-state index contributed by atoms with van der Waals surface area (Å²) < 4.78 is 0. The normalized spacial score (nSPS) is 24.0. The summed E-state index contributed by atoms with van der Waals surface area (Å²) in [5.74, 6) is 0.108. The molecule has 0 radical (unpaired) electrons. The molecule has 0 amide bonds. The third-order valence-electron chi connectivity index (χ3n) is 3.83. The Bertz CT molecular complexity index is 567. The maximum atomic E-state index is 11.1. The molecule has 0 unspecified atom stereocenters. The molecule has 0 N–H and O–H groups in total. The molecular weight excluding hydrogens is 272 g/mol. The van der Waals surface area contributed by atoms with Gasteiger partial charge in [-0.05, 0) is 18.9 Å². The molecule has 1 heterocycles. The highest BCUT2D eigenvalue weighted by Gasteiger charge is 2.32. The van der Waals surface area contributed by atoms with E-state index < -0.39 is 4.92 Å². The molecule has 0 aromatic carbocycles. The van der Waals surface area contributed by atoms with Gasteiger partial charge in [-0.2, -0.15) is 0 Å². The minimum absolute atomic E-state index is 0.0374. The number of aliphatic imine (C=N–C) groups is 2. The number of likely N-dealkylation sites (tertiary alicyclic amines) is 1. The highest BCUT2D eigenvalue weighted by Crippen LogP contribution is 2.24.